The van der Waals surface area contributed by atoms with E-state index < -0.39 is 0 Å². The molecular weight excluding hydrogens is 336 g/mol. The van der Waals surface area contributed by atoms with Crippen molar-refractivity contribution in [3.05, 3.63) is 33.9 Å². The minimum Gasteiger partial charge on any atom is -0.340 e. The van der Waals surface area contributed by atoms with Crippen LogP contribution in [0.3, 0.4) is 0 Å². The van der Waals surface area contributed by atoms with Gasteiger partial charge in [0.05, 0.1) is 0 Å². The lowest BCUT2D eigenvalue weighted by atomic mass is 9.91. The summed E-state index contributed by atoms with van der Waals surface area (Å²) in [6.07, 6.45) is 5.80. The number of amides is 1. The van der Waals surface area contributed by atoms with Crippen LogP contribution in [0.4, 0.5) is 0 Å². The third-order valence-electron chi connectivity index (χ3n) is 6.53. The standard InChI is InChI=1S/C23H34N2O2/c1-16-13-17(2)23(19(4)26)18(3)21(16)15-24-9-11-25(12-10-24)22(27)14-20-7-5-6-8-20/h13,20H,5-12,14-15H2,1-4H3. The maximum Gasteiger partial charge on any atom is 0.222 e. The summed E-state index contributed by atoms with van der Waals surface area (Å²) < 4.78 is 0. The molecule has 0 bridgehead atoms. The van der Waals surface area contributed by atoms with Gasteiger partial charge in [0.25, 0.3) is 0 Å². The van der Waals surface area contributed by atoms with E-state index in [-0.39, 0.29) is 5.78 Å². The van der Waals surface area contributed by atoms with Crippen LogP contribution in [0, 0.1) is 26.7 Å². The third-order valence-corrected chi connectivity index (χ3v) is 6.53. The van der Waals surface area contributed by atoms with Crippen LogP contribution in [0.1, 0.15) is 71.6 Å². The van der Waals surface area contributed by atoms with Gasteiger partial charge in [0.1, 0.15) is 0 Å². The molecule has 1 saturated heterocycles. The van der Waals surface area contributed by atoms with Crippen LogP contribution in [0.5, 0.6) is 0 Å². The number of carbonyl (C=O) groups is 2. The fourth-order valence-electron chi connectivity index (χ4n) is 4.98. The van der Waals surface area contributed by atoms with Gasteiger partial charge < -0.3 is 4.90 Å². The summed E-state index contributed by atoms with van der Waals surface area (Å²) in [7, 11) is 0. The van der Waals surface area contributed by atoms with E-state index in [1.807, 2.05) is 6.92 Å². The molecular formula is C23H34N2O2. The van der Waals surface area contributed by atoms with E-state index >= 15 is 0 Å². The second-order valence-electron chi connectivity index (χ2n) is 8.56. The van der Waals surface area contributed by atoms with Crippen molar-refractivity contribution in [3.63, 3.8) is 0 Å². The number of carbonyl (C=O) groups excluding carboxylic acids is 2. The van der Waals surface area contributed by atoms with Crippen LogP contribution < -0.4 is 0 Å². The first-order chi connectivity index (χ1) is 12.9. The first-order valence-electron chi connectivity index (χ1n) is 10.5. The molecule has 1 heterocycles. The largest absolute Gasteiger partial charge is 0.340 e. The van der Waals surface area contributed by atoms with Crippen molar-refractivity contribution < 1.29 is 9.59 Å². The Morgan fingerprint density at radius 3 is 2.22 bits per heavy atom. The maximum absolute atomic E-state index is 12.6. The molecule has 1 aliphatic carbocycles. The highest BCUT2D eigenvalue weighted by Crippen LogP contribution is 2.28. The van der Waals surface area contributed by atoms with E-state index in [9.17, 15) is 9.59 Å². The number of piperazine rings is 1. The second-order valence-corrected chi connectivity index (χ2v) is 8.56. The Labute approximate surface area is 163 Å². The van der Waals surface area contributed by atoms with Crippen LogP contribution in [0.2, 0.25) is 0 Å². The number of rotatable bonds is 5. The monoisotopic (exact) mass is 370 g/mol. The molecule has 3 rings (SSSR count). The zero-order valence-electron chi connectivity index (χ0n) is 17.4. The van der Waals surface area contributed by atoms with E-state index in [0.29, 0.717) is 11.8 Å². The highest BCUT2D eigenvalue weighted by Gasteiger charge is 2.26. The molecule has 27 heavy (non-hydrogen) atoms. The van der Waals surface area contributed by atoms with Crippen LogP contribution in [-0.4, -0.2) is 47.7 Å². The fourth-order valence-corrected chi connectivity index (χ4v) is 4.98. The number of hydrogen-bond donors (Lipinski definition) is 0. The van der Waals surface area contributed by atoms with Gasteiger partial charge in [-0.1, -0.05) is 18.9 Å². The molecule has 1 amide bonds. The Kier molecular flexibility index (Phi) is 6.36. The first-order valence-corrected chi connectivity index (χ1v) is 10.5. The molecule has 1 aromatic carbocycles. The van der Waals surface area contributed by atoms with Gasteiger partial charge in [0, 0.05) is 44.7 Å². The Hall–Kier alpha value is -1.68. The number of aryl methyl sites for hydroxylation is 2. The number of ketones is 1. The molecule has 0 radical (unpaired) electrons. The van der Waals surface area contributed by atoms with E-state index in [1.54, 1.807) is 6.92 Å². The predicted octanol–water partition coefficient (Wildman–Crippen LogP) is 4.04. The number of hydrogen-bond acceptors (Lipinski definition) is 3. The third kappa shape index (κ3) is 4.60. The summed E-state index contributed by atoms with van der Waals surface area (Å²) >= 11 is 0. The number of Topliss-reactive ketones (excluding diaryl/α,β-unsaturated/α-hetero) is 1. The smallest absolute Gasteiger partial charge is 0.222 e. The van der Waals surface area contributed by atoms with Crippen molar-refractivity contribution in [2.24, 2.45) is 5.92 Å². The average molecular weight is 371 g/mol. The SMILES string of the molecule is CC(=O)c1c(C)cc(C)c(CN2CCN(C(=O)CC3CCCC3)CC2)c1C. The molecule has 0 atom stereocenters. The lowest BCUT2D eigenvalue weighted by molar-refractivity contribution is -0.134. The molecule has 0 aromatic heterocycles. The van der Waals surface area contributed by atoms with Gasteiger partial charge in [-0.05, 0) is 68.7 Å². The molecule has 2 aliphatic rings. The van der Waals surface area contributed by atoms with Crippen LogP contribution in [0.25, 0.3) is 0 Å². The molecule has 1 aliphatic heterocycles. The zero-order chi connectivity index (χ0) is 19.6. The molecule has 0 N–H and O–H groups in total. The van der Waals surface area contributed by atoms with Crippen molar-refractivity contribution in [1.82, 2.24) is 9.80 Å². The van der Waals surface area contributed by atoms with Gasteiger partial charge in [-0.2, -0.15) is 0 Å². The van der Waals surface area contributed by atoms with Gasteiger partial charge in [0.2, 0.25) is 5.91 Å². The van der Waals surface area contributed by atoms with Crippen molar-refractivity contribution in [2.45, 2.75) is 66.3 Å². The number of benzene rings is 1. The van der Waals surface area contributed by atoms with Crippen molar-refractivity contribution in [1.29, 1.82) is 0 Å². The molecule has 2 fully saturated rings. The van der Waals surface area contributed by atoms with Gasteiger partial charge in [0.15, 0.2) is 5.78 Å². The number of nitrogens with zero attached hydrogens (tertiary/aromatic N) is 2. The van der Waals surface area contributed by atoms with Crippen LogP contribution in [-0.2, 0) is 11.3 Å². The molecule has 0 spiro atoms. The molecule has 1 saturated carbocycles. The van der Waals surface area contributed by atoms with Crippen molar-refractivity contribution >= 4 is 11.7 Å². The molecule has 4 nitrogen and oxygen atoms in total. The minimum atomic E-state index is 0.147. The summed E-state index contributed by atoms with van der Waals surface area (Å²) in [5, 5.41) is 0. The summed E-state index contributed by atoms with van der Waals surface area (Å²) in [6.45, 7) is 12.2. The zero-order valence-corrected chi connectivity index (χ0v) is 17.4. The lowest BCUT2D eigenvalue weighted by Gasteiger charge is -2.36. The van der Waals surface area contributed by atoms with Gasteiger partial charge >= 0.3 is 0 Å². The van der Waals surface area contributed by atoms with Gasteiger partial charge in [-0.25, -0.2) is 0 Å². The molecule has 4 heteroatoms. The van der Waals surface area contributed by atoms with Crippen molar-refractivity contribution in [2.75, 3.05) is 26.2 Å². The Bertz CT molecular complexity index is 712. The Balaban J connectivity index is 1.60. The predicted molar refractivity (Wildman–Crippen MR) is 109 cm³/mol. The second kappa shape index (κ2) is 8.55. The molecule has 148 valence electrons. The quantitative estimate of drug-likeness (QED) is 0.735. The lowest BCUT2D eigenvalue weighted by Crippen LogP contribution is -2.48. The summed E-state index contributed by atoms with van der Waals surface area (Å²) in [4.78, 5) is 29.1. The van der Waals surface area contributed by atoms with Crippen LogP contribution in [0.15, 0.2) is 6.07 Å². The van der Waals surface area contributed by atoms with Crippen LogP contribution >= 0.6 is 0 Å². The molecule has 0 unspecified atom stereocenters. The maximum atomic E-state index is 12.6. The average Bonchev–Trinajstić information content (AvgIpc) is 3.11. The van der Waals surface area contributed by atoms with Gasteiger partial charge in [-0.15, -0.1) is 0 Å². The highest BCUT2D eigenvalue weighted by molar-refractivity contribution is 5.97. The topological polar surface area (TPSA) is 40.6 Å². The summed E-state index contributed by atoms with van der Waals surface area (Å²) in [5.74, 6) is 1.12. The highest BCUT2D eigenvalue weighted by atomic mass is 16.2. The summed E-state index contributed by atoms with van der Waals surface area (Å²) in [6, 6.07) is 2.14. The van der Waals surface area contributed by atoms with E-state index in [4.69, 9.17) is 0 Å². The fraction of sp³-hybridized carbons (Fsp3) is 0.652. The van der Waals surface area contributed by atoms with E-state index in [1.165, 1.54) is 36.8 Å². The Morgan fingerprint density at radius 2 is 1.63 bits per heavy atom. The minimum absolute atomic E-state index is 0.147. The summed E-state index contributed by atoms with van der Waals surface area (Å²) in [5.41, 5.74) is 5.61. The van der Waals surface area contributed by atoms with E-state index in [2.05, 4.69) is 29.7 Å². The van der Waals surface area contributed by atoms with Gasteiger partial charge in [-0.3, -0.25) is 14.5 Å². The molecule has 1 aromatic rings. The first kappa shape index (κ1) is 20.1. The van der Waals surface area contributed by atoms with Crippen molar-refractivity contribution in [3.8, 4) is 0 Å². The Morgan fingerprint density at radius 1 is 1.00 bits per heavy atom. The normalized spacial score (nSPS) is 18.9. The van der Waals surface area contributed by atoms with E-state index in [0.717, 1.165) is 55.8 Å².